The predicted octanol–water partition coefficient (Wildman–Crippen LogP) is 4.43. The van der Waals surface area contributed by atoms with Crippen LogP contribution in [-0.2, 0) is 15.7 Å². The molecule has 0 bridgehead atoms. The van der Waals surface area contributed by atoms with Gasteiger partial charge in [-0.15, -0.1) is 0 Å². The molecule has 0 unspecified atom stereocenters. The van der Waals surface area contributed by atoms with Crippen molar-refractivity contribution in [3.63, 3.8) is 0 Å². The number of carbonyl (C=O) groups excluding carboxylic acids is 2. The number of nitrogens with one attached hydrogen (secondary N) is 1. The van der Waals surface area contributed by atoms with Crippen LogP contribution >= 0.6 is 0 Å². The summed E-state index contributed by atoms with van der Waals surface area (Å²) in [6, 6.07) is 7.20. The van der Waals surface area contributed by atoms with Gasteiger partial charge in [0.2, 0.25) is 5.76 Å². The van der Waals surface area contributed by atoms with Crippen molar-refractivity contribution in [2.75, 3.05) is 0 Å². The zero-order valence-electron chi connectivity index (χ0n) is 15.3. The molecule has 0 aliphatic heterocycles. The highest BCUT2D eigenvalue weighted by atomic mass is 19.4. The molecule has 1 atom stereocenters. The van der Waals surface area contributed by atoms with Gasteiger partial charge < -0.3 is 14.5 Å². The molecule has 8 heteroatoms. The van der Waals surface area contributed by atoms with Gasteiger partial charge in [-0.1, -0.05) is 12.1 Å². The Labute approximate surface area is 154 Å². The molecular formula is C19H20F3NO4. The molecule has 0 saturated carbocycles. The molecule has 1 amide bonds. The summed E-state index contributed by atoms with van der Waals surface area (Å²) in [5.74, 6) is -1.48. The molecule has 146 valence electrons. The van der Waals surface area contributed by atoms with E-state index >= 15 is 0 Å². The van der Waals surface area contributed by atoms with Crippen LogP contribution in [0.3, 0.4) is 0 Å². The maximum absolute atomic E-state index is 12.8. The van der Waals surface area contributed by atoms with E-state index in [0.29, 0.717) is 0 Å². The predicted molar refractivity (Wildman–Crippen MR) is 91.9 cm³/mol. The molecule has 0 aliphatic carbocycles. The minimum atomic E-state index is -4.49. The third kappa shape index (κ3) is 5.60. The molecule has 1 heterocycles. The first-order valence-corrected chi connectivity index (χ1v) is 8.17. The van der Waals surface area contributed by atoms with E-state index in [2.05, 4.69) is 5.32 Å². The first-order chi connectivity index (χ1) is 12.4. The minimum Gasteiger partial charge on any atom is -0.449 e. The molecule has 27 heavy (non-hydrogen) atoms. The van der Waals surface area contributed by atoms with Crippen LogP contribution in [0.5, 0.6) is 0 Å². The number of hydrogen-bond acceptors (Lipinski definition) is 4. The zero-order chi connectivity index (χ0) is 20.4. The van der Waals surface area contributed by atoms with Crippen molar-refractivity contribution in [2.24, 2.45) is 0 Å². The first-order valence-electron chi connectivity index (χ1n) is 8.17. The highest BCUT2D eigenvalue weighted by Crippen LogP contribution is 2.32. The number of benzene rings is 1. The number of amides is 1. The summed E-state index contributed by atoms with van der Waals surface area (Å²) >= 11 is 0. The molecular weight excluding hydrogens is 363 g/mol. The monoisotopic (exact) mass is 383 g/mol. The van der Waals surface area contributed by atoms with Gasteiger partial charge in [-0.2, -0.15) is 13.2 Å². The average Bonchev–Trinajstić information content (AvgIpc) is 3.02. The smallest absolute Gasteiger partial charge is 0.416 e. The molecule has 0 radical (unpaired) electrons. The normalized spacial score (nSPS) is 13.1. The summed E-state index contributed by atoms with van der Waals surface area (Å²) in [4.78, 5) is 24.1. The van der Waals surface area contributed by atoms with Crippen molar-refractivity contribution in [1.29, 1.82) is 0 Å². The van der Waals surface area contributed by atoms with Crippen LogP contribution in [0.1, 0.15) is 43.8 Å². The molecule has 5 nitrogen and oxygen atoms in total. The van der Waals surface area contributed by atoms with E-state index in [1.807, 2.05) is 0 Å². The quantitative estimate of drug-likeness (QED) is 0.794. The standard InChI is InChI=1S/C19H20F3NO4/c1-11(16(24)23-18(2,3)4)26-17(25)15-9-8-14(27-15)12-6-5-7-13(10-12)19(20,21)22/h5-11H,1-4H3,(H,23,24)/t11-/m1/s1. The van der Waals surface area contributed by atoms with Crippen LogP contribution in [0.4, 0.5) is 13.2 Å². The molecule has 0 saturated heterocycles. The summed E-state index contributed by atoms with van der Waals surface area (Å²) in [6.45, 7) is 6.77. The van der Waals surface area contributed by atoms with Crippen molar-refractivity contribution in [3.05, 3.63) is 47.7 Å². The second-order valence-corrected chi connectivity index (χ2v) is 7.03. The average molecular weight is 383 g/mol. The molecule has 0 spiro atoms. The van der Waals surface area contributed by atoms with E-state index in [0.717, 1.165) is 12.1 Å². The third-order valence-electron chi connectivity index (χ3n) is 3.43. The second kappa shape index (κ2) is 7.46. The second-order valence-electron chi connectivity index (χ2n) is 7.03. The van der Waals surface area contributed by atoms with E-state index in [1.54, 1.807) is 20.8 Å². The highest BCUT2D eigenvalue weighted by Gasteiger charge is 2.31. The van der Waals surface area contributed by atoms with Crippen LogP contribution in [0, 0.1) is 0 Å². The van der Waals surface area contributed by atoms with Gasteiger partial charge >= 0.3 is 12.1 Å². The molecule has 2 rings (SSSR count). The van der Waals surface area contributed by atoms with Crippen molar-refractivity contribution < 1.29 is 31.9 Å². The Morgan fingerprint density at radius 2 is 1.78 bits per heavy atom. The van der Waals surface area contributed by atoms with Crippen LogP contribution in [-0.4, -0.2) is 23.5 Å². The molecule has 1 aromatic carbocycles. The van der Waals surface area contributed by atoms with Gasteiger partial charge in [0, 0.05) is 11.1 Å². The minimum absolute atomic E-state index is 0.0832. The Balaban J connectivity index is 2.11. The lowest BCUT2D eigenvalue weighted by atomic mass is 10.1. The summed E-state index contributed by atoms with van der Waals surface area (Å²) in [7, 11) is 0. The molecule has 1 aromatic heterocycles. The molecule has 0 aliphatic rings. The van der Waals surface area contributed by atoms with Gasteiger partial charge in [0.1, 0.15) is 5.76 Å². The van der Waals surface area contributed by atoms with Gasteiger partial charge in [0.25, 0.3) is 5.91 Å². The van der Waals surface area contributed by atoms with Crippen LogP contribution in [0.15, 0.2) is 40.8 Å². The lowest BCUT2D eigenvalue weighted by molar-refractivity contribution is -0.137. The number of alkyl halides is 3. The van der Waals surface area contributed by atoms with Crippen LogP contribution in [0.25, 0.3) is 11.3 Å². The first kappa shape index (κ1) is 20.5. The number of carbonyl (C=O) groups is 2. The fourth-order valence-electron chi connectivity index (χ4n) is 2.19. The Morgan fingerprint density at radius 1 is 1.11 bits per heavy atom. The number of hydrogen-bond donors (Lipinski definition) is 1. The van der Waals surface area contributed by atoms with Gasteiger partial charge in [0.05, 0.1) is 5.56 Å². The van der Waals surface area contributed by atoms with E-state index in [9.17, 15) is 22.8 Å². The van der Waals surface area contributed by atoms with Gasteiger partial charge in [-0.25, -0.2) is 4.79 Å². The SMILES string of the molecule is C[C@@H](OC(=O)c1ccc(-c2cccc(C(F)(F)F)c2)o1)C(=O)NC(C)(C)C. The summed E-state index contributed by atoms with van der Waals surface area (Å²) in [5, 5.41) is 2.67. The van der Waals surface area contributed by atoms with Gasteiger partial charge in [-0.3, -0.25) is 4.79 Å². The Kier molecular flexibility index (Phi) is 5.67. The Morgan fingerprint density at radius 3 is 2.37 bits per heavy atom. The van der Waals surface area contributed by atoms with Crippen LogP contribution in [0.2, 0.25) is 0 Å². The van der Waals surface area contributed by atoms with E-state index in [4.69, 9.17) is 9.15 Å². The molecule has 0 fully saturated rings. The maximum Gasteiger partial charge on any atom is 0.416 e. The fraction of sp³-hybridized carbons (Fsp3) is 0.368. The number of furan rings is 1. The van der Waals surface area contributed by atoms with E-state index in [-0.39, 0.29) is 17.1 Å². The highest BCUT2D eigenvalue weighted by molar-refractivity contribution is 5.90. The summed E-state index contributed by atoms with van der Waals surface area (Å²) < 4.78 is 48.8. The summed E-state index contributed by atoms with van der Waals surface area (Å²) in [5.41, 5.74) is -1.14. The van der Waals surface area contributed by atoms with Crippen molar-refractivity contribution >= 4 is 11.9 Å². The lowest BCUT2D eigenvalue weighted by Gasteiger charge is -2.22. The largest absolute Gasteiger partial charge is 0.449 e. The van der Waals surface area contributed by atoms with Crippen LogP contribution < -0.4 is 5.32 Å². The summed E-state index contributed by atoms with van der Waals surface area (Å²) in [6.07, 6.45) is -5.54. The zero-order valence-corrected chi connectivity index (χ0v) is 15.3. The molecule has 1 N–H and O–H groups in total. The fourth-order valence-corrected chi connectivity index (χ4v) is 2.19. The van der Waals surface area contributed by atoms with Crippen molar-refractivity contribution in [1.82, 2.24) is 5.32 Å². The van der Waals surface area contributed by atoms with Crippen molar-refractivity contribution in [2.45, 2.75) is 45.5 Å². The van der Waals surface area contributed by atoms with E-state index < -0.39 is 35.3 Å². The van der Waals surface area contributed by atoms with Crippen molar-refractivity contribution in [3.8, 4) is 11.3 Å². The third-order valence-corrected chi connectivity index (χ3v) is 3.43. The number of rotatable bonds is 4. The Hall–Kier alpha value is -2.77. The maximum atomic E-state index is 12.8. The topological polar surface area (TPSA) is 68.5 Å². The van der Waals surface area contributed by atoms with Gasteiger partial charge in [-0.05, 0) is 52.0 Å². The van der Waals surface area contributed by atoms with E-state index in [1.165, 1.54) is 31.2 Å². The Bertz CT molecular complexity index is 834. The number of halogens is 3. The number of esters is 1. The molecule has 2 aromatic rings. The van der Waals surface area contributed by atoms with Gasteiger partial charge in [0.15, 0.2) is 6.10 Å². The number of ether oxygens (including phenoxy) is 1. The lowest BCUT2D eigenvalue weighted by Crippen LogP contribution is -2.46.